The number of ether oxygens (including phenoxy) is 2. The van der Waals surface area contributed by atoms with Crippen LogP contribution in [-0.2, 0) is 15.9 Å². The number of aromatic nitrogens is 1. The lowest BCUT2D eigenvalue weighted by atomic mass is 9.97. The first-order chi connectivity index (χ1) is 15.8. The zero-order chi connectivity index (χ0) is 23.7. The molecule has 33 heavy (non-hydrogen) atoms. The van der Waals surface area contributed by atoms with Gasteiger partial charge in [-0.15, -0.1) is 0 Å². The minimum Gasteiger partial charge on any atom is -0.453 e. The van der Waals surface area contributed by atoms with Crippen LogP contribution in [0.15, 0.2) is 30.3 Å². The second-order valence-corrected chi connectivity index (χ2v) is 7.98. The highest BCUT2D eigenvalue weighted by Crippen LogP contribution is 2.36. The van der Waals surface area contributed by atoms with E-state index < -0.39 is 23.6 Å². The summed E-state index contributed by atoms with van der Waals surface area (Å²) in [6.07, 6.45) is -0.505. The van der Waals surface area contributed by atoms with Crippen molar-refractivity contribution in [1.29, 1.82) is 0 Å². The zero-order valence-electron chi connectivity index (χ0n) is 18.6. The maximum Gasteiger partial charge on any atom is 0.409 e. The van der Waals surface area contributed by atoms with Crippen molar-refractivity contribution in [2.75, 3.05) is 33.9 Å². The smallest absolute Gasteiger partial charge is 0.409 e. The second-order valence-electron chi connectivity index (χ2n) is 7.98. The Morgan fingerprint density at radius 3 is 2.67 bits per heavy atom. The molecule has 2 amide bonds. The minimum absolute atomic E-state index is 0.102. The summed E-state index contributed by atoms with van der Waals surface area (Å²) in [7, 11) is 2.72. The Hall–Kier alpha value is -3.46. The van der Waals surface area contributed by atoms with E-state index >= 15 is 8.78 Å². The summed E-state index contributed by atoms with van der Waals surface area (Å²) in [5.41, 5.74) is 2.30. The molecule has 2 N–H and O–H groups in total. The number of carbonyl (C=O) groups is 2. The van der Waals surface area contributed by atoms with E-state index in [1.54, 1.807) is 4.90 Å². The number of morpholine rings is 1. The molecule has 7 nitrogen and oxygen atoms in total. The molecule has 174 valence electrons. The number of carbonyl (C=O) groups excluding carboxylic acids is 2. The van der Waals surface area contributed by atoms with Crippen molar-refractivity contribution in [2.24, 2.45) is 0 Å². The zero-order valence-corrected chi connectivity index (χ0v) is 18.6. The molecule has 0 unspecified atom stereocenters. The Morgan fingerprint density at radius 2 is 2.00 bits per heavy atom. The lowest BCUT2D eigenvalue weighted by Crippen LogP contribution is -2.46. The fraction of sp³-hybridized carbons (Fsp3) is 0.333. The number of benzene rings is 2. The highest BCUT2D eigenvalue weighted by molar-refractivity contribution is 5.96. The van der Waals surface area contributed by atoms with Crippen LogP contribution in [0.5, 0.6) is 0 Å². The van der Waals surface area contributed by atoms with Gasteiger partial charge in [0.2, 0.25) is 0 Å². The van der Waals surface area contributed by atoms with E-state index in [0.29, 0.717) is 31.7 Å². The van der Waals surface area contributed by atoms with Gasteiger partial charge in [0.05, 0.1) is 37.6 Å². The molecule has 1 aromatic heterocycles. The molecule has 3 aromatic rings. The van der Waals surface area contributed by atoms with Crippen LogP contribution < -0.4 is 5.32 Å². The van der Waals surface area contributed by atoms with Crippen molar-refractivity contribution in [2.45, 2.75) is 19.4 Å². The predicted molar refractivity (Wildman–Crippen MR) is 119 cm³/mol. The van der Waals surface area contributed by atoms with Crippen LogP contribution in [0.3, 0.4) is 0 Å². The number of amides is 2. The number of hydrogen-bond donors (Lipinski definition) is 2. The van der Waals surface area contributed by atoms with E-state index in [0.717, 1.165) is 28.6 Å². The number of H-pyrrole nitrogens is 1. The Bertz CT molecular complexity index is 1200. The summed E-state index contributed by atoms with van der Waals surface area (Å²) in [4.78, 5) is 28.6. The van der Waals surface area contributed by atoms with Crippen LogP contribution in [0, 0.1) is 18.6 Å². The van der Waals surface area contributed by atoms with E-state index in [1.807, 2.05) is 25.1 Å². The fourth-order valence-electron chi connectivity index (χ4n) is 4.30. The van der Waals surface area contributed by atoms with Crippen molar-refractivity contribution in [1.82, 2.24) is 15.2 Å². The molecular weight excluding hydrogens is 432 g/mol. The van der Waals surface area contributed by atoms with Gasteiger partial charge in [0.1, 0.15) is 11.6 Å². The number of hydrogen-bond acceptors (Lipinski definition) is 4. The number of aromatic amines is 1. The number of nitrogens with zero attached hydrogens (tertiary/aromatic N) is 1. The minimum atomic E-state index is -0.847. The Labute approximate surface area is 189 Å². The van der Waals surface area contributed by atoms with E-state index in [2.05, 4.69) is 10.3 Å². The topological polar surface area (TPSA) is 83.7 Å². The maximum atomic E-state index is 15.2. The number of fused-ring (bicyclic) bond motifs is 1. The van der Waals surface area contributed by atoms with E-state index in [1.165, 1.54) is 14.2 Å². The van der Waals surface area contributed by atoms with Crippen molar-refractivity contribution >= 4 is 22.9 Å². The molecule has 0 saturated carbocycles. The Balaban J connectivity index is 1.80. The van der Waals surface area contributed by atoms with Gasteiger partial charge < -0.3 is 24.7 Å². The quantitative estimate of drug-likeness (QED) is 0.625. The number of nitrogens with one attached hydrogen (secondary N) is 2. The Kier molecular flexibility index (Phi) is 6.33. The normalized spacial score (nSPS) is 16.2. The van der Waals surface area contributed by atoms with Crippen LogP contribution in [0.25, 0.3) is 22.2 Å². The summed E-state index contributed by atoms with van der Waals surface area (Å²) in [6.45, 7) is 2.95. The van der Waals surface area contributed by atoms with Gasteiger partial charge in [0.25, 0.3) is 5.91 Å². The van der Waals surface area contributed by atoms with Crippen molar-refractivity contribution in [3.63, 3.8) is 0 Å². The Morgan fingerprint density at radius 1 is 1.27 bits per heavy atom. The molecule has 0 bridgehead atoms. The van der Waals surface area contributed by atoms with Gasteiger partial charge in [-0.2, -0.15) is 0 Å². The predicted octanol–water partition coefficient (Wildman–Crippen LogP) is 3.79. The van der Waals surface area contributed by atoms with E-state index in [4.69, 9.17) is 9.47 Å². The molecule has 2 heterocycles. The molecule has 4 rings (SSSR count). The van der Waals surface area contributed by atoms with Crippen LogP contribution in [0.2, 0.25) is 0 Å². The van der Waals surface area contributed by atoms with Crippen molar-refractivity contribution < 1.29 is 27.8 Å². The van der Waals surface area contributed by atoms with Crippen LogP contribution >= 0.6 is 0 Å². The van der Waals surface area contributed by atoms with Crippen LogP contribution in [-0.4, -0.2) is 61.8 Å². The molecule has 2 aromatic carbocycles. The largest absolute Gasteiger partial charge is 0.453 e. The van der Waals surface area contributed by atoms with Gasteiger partial charge in [-0.05, 0) is 30.2 Å². The third-order valence-electron chi connectivity index (χ3n) is 5.93. The number of rotatable bonds is 4. The highest BCUT2D eigenvalue weighted by atomic mass is 19.1. The van der Waals surface area contributed by atoms with E-state index in [9.17, 15) is 9.59 Å². The molecule has 1 atom stereocenters. The molecule has 1 fully saturated rings. The number of methoxy groups -OCH3 is 1. The highest BCUT2D eigenvalue weighted by Gasteiger charge is 2.29. The molecule has 9 heteroatoms. The molecule has 0 radical (unpaired) electrons. The van der Waals surface area contributed by atoms with Crippen molar-refractivity contribution in [3.8, 4) is 11.3 Å². The summed E-state index contributed by atoms with van der Waals surface area (Å²) in [6, 6.07) is 7.71. The molecule has 0 spiro atoms. The van der Waals surface area contributed by atoms with Gasteiger partial charge in [-0.3, -0.25) is 4.79 Å². The molecule has 1 aliphatic rings. The summed E-state index contributed by atoms with van der Waals surface area (Å²) in [5, 5.41) is 3.19. The maximum absolute atomic E-state index is 15.2. The van der Waals surface area contributed by atoms with Gasteiger partial charge in [0.15, 0.2) is 0 Å². The first-order valence-electron chi connectivity index (χ1n) is 10.6. The fourth-order valence-corrected chi connectivity index (χ4v) is 4.30. The number of aryl methyl sites for hydroxylation is 1. The molecule has 0 aliphatic carbocycles. The molecular formula is C24H25F2N3O4. The third-order valence-corrected chi connectivity index (χ3v) is 5.93. The van der Waals surface area contributed by atoms with Crippen LogP contribution in [0.1, 0.15) is 21.5 Å². The first kappa shape index (κ1) is 22.7. The number of para-hydroxylation sites is 1. The molecule has 1 aliphatic heterocycles. The average Bonchev–Trinajstić information content (AvgIpc) is 3.16. The van der Waals surface area contributed by atoms with Gasteiger partial charge >= 0.3 is 6.09 Å². The second kappa shape index (κ2) is 9.19. The average molecular weight is 457 g/mol. The molecule has 1 saturated heterocycles. The standard InChI is InChI=1S/C24H25F2N3O4/c1-13-5-4-6-16-17(11-15-12-29(7-8-33-15)24(31)32-3)22(28-21(13)16)20-18(25)9-14(10-19(20)26)23(30)27-2/h4-6,9-10,15,28H,7-8,11-12H2,1-3H3,(H,27,30)/t15-/m0/s1. The summed E-state index contributed by atoms with van der Waals surface area (Å²) in [5.74, 6) is -2.27. The van der Waals surface area contributed by atoms with Crippen molar-refractivity contribution in [3.05, 3.63) is 58.7 Å². The van der Waals surface area contributed by atoms with Gasteiger partial charge in [-0.25, -0.2) is 13.6 Å². The lowest BCUT2D eigenvalue weighted by molar-refractivity contribution is -0.0235. The monoisotopic (exact) mass is 457 g/mol. The summed E-state index contributed by atoms with van der Waals surface area (Å²) >= 11 is 0. The van der Waals surface area contributed by atoms with Gasteiger partial charge in [-0.1, -0.05) is 18.2 Å². The number of halogens is 2. The lowest BCUT2D eigenvalue weighted by Gasteiger charge is -2.32. The third kappa shape index (κ3) is 4.28. The van der Waals surface area contributed by atoms with Crippen LogP contribution in [0.4, 0.5) is 13.6 Å². The summed E-state index contributed by atoms with van der Waals surface area (Å²) < 4.78 is 41.0. The SMILES string of the molecule is CNC(=O)c1cc(F)c(-c2[nH]c3c(C)cccc3c2C[C@H]2CN(C(=O)OC)CCO2)c(F)c1. The van der Waals surface area contributed by atoms with Gasteiger partial charge in [0, 0.05) is 36.5 Å². The van der Waals surface area contributed by atoms with E-state index in [-0.39, 0.29) is 22.9 Å². The first-order valence-corrected chi connectivity index (χ1v) is 10.6.